The maximum Gasteiger partial charge on any atom is 0.0455 e. The summed E-state index contributed by atoms with van der Waals surface area (Å²) in [5.41, 5.74) is 0. The quantitative estimate of drug-likeness (QED) is 0.574. The third kappa shape index (κ3) is 1.54. The largest absolute Gasteiger partial charge is 0.134 e. The van der Waals surface area contributed by atoms with E-state index in [9.17, 15) is 0 Å². The molecule has 0 fully saturated rings. The molecule has 0 saturated carbocycles. The molecule has 0 spiro atoms. The van der Waals surface area contributed by atoms with Gasteiger partial charge in [0.2, 0.25) is 0 Å². The fourth-order valence-corrected chi connectivity index (χ4v) is 1.55. The smallest absolute Gasteiger partial charge is 0.0455 e. The van der Waals surface area contributed by atoms with Gasteiger partial charge in [0, 0.05) is 47.8 Å². The third-order valence-electron chi connectivity index (χ3n) is 1.30. The molecular formula is C8H5ArS. The molecular weight excluding hydrogens is 168 g/mol. The van der Waals surface area contributed by atoms with Crippen LogP contribution in [0.3, 0.4) is 0 Å². The molecule has 2 aromatic rings. The van der Waals surface area contributed by atoms with Crippen LogP contribution in [0, 0.1) is 43.1 Å². The maximum absolute atomic E-state index is 3.08. The van der Waals surface area contributed by atoms with Gasteiger partial charge in [-0.05, 0) is 17.5 Å². The Morgan fingerprint density at radius 1 is 1.20 bits per heavy atom. The molecule has 0 bridgehead atoms. The van der Waals surface area contributed by atoms with E-state index in [1.165, 1.54) is 10.1 Å². The Balaban J connectivity index is 0.000000500. The van der Waals surface area contributed by atoms with Crippen molar-refractivity contribution in [2.45, 2.75) is 0 Å². The van der Waals surface area contributed by atoms with E-state index in [1.54, 1.807) is 11.3 Å². The van der Waals surface area contributed by atoms with E-state index in [0.29, 0.717) is 0 Å². The molecule has 0 aliphatic rings. The average Bonchev–Trinajstić information content (AvgIpc) is 2.33. The second kappa shape index (κ2) is 3.72. The van der Waals surface area contributed by atoms with Gasteiger partial charge >= 0.3 is 0 Å². The average molecular weight is 173 g/mol. The summed E-state index contributed by atoms with van der Waals surface area (Å²) in [7, 11) is 0. The Kier molecular flexibility index (Phi) is 3.18. The Hall–Kier alpha value is 0.440. The monoisotopic (exact) mass is 173 g/mol. The minimum absolute atomic E-state index is 0. The van der Waals surface area contributed by atoms with Gasteiger partial charge in [-0.1, -0.05) is 18.2 Å². The molecule has 1 radical (unpaired) electrons. The van der Waals surface area contributed by atoms with Gasteiger partial charge < -0.3 is 0 Å². The maximum atomic E-state index is 3.08. The van der Waals surface area contributed by atoms with Gasteiger partial charge in [-0.25, -0.2) is 0 Å². The van der Waals surface area contributed by atoms with E-state index in [-0.39, 0.29) is 37.7 Å². The van der Waals surface area contributed by atoms with Gasteiger partial charge in [0.05, 0.1) is 0 Å². The first kappa shape index (κ1) is 8.54. The van der Waals surface area contributed by atoms with Gasteiger partial charge in [-0.3, -0.25) is 0 Å². The molecule has 0 atom stereocenters. The summed E-state index contributed by atoms with van der Waals surface area (Å²) in [5, 5.41) is 4.37. The molecule has 1 aromatic carbocycles. The van der Waals surface area contributed by atoms with Crippen molar-refractivity contribution in [2.24, 2.45) is 0 Å². The van der Waals surface area contributed by atoms with Crippen LogP contribution in [-0.4, -0.2) is 0 Å². The van der Waals surface area contributed by atoms with Crippen LogP contribution in [0.25, 0.3) is 10.1 Å². The summed E-state index contributed by atoms with van der Waals surface area (Å²) in [5.74, 6) is 0. The van der Waals surface area contributed by atoms with Crippen molar-refractivity contribution in [1.29, 1.82) is 0 Å². The van der Waals surface area contributed by atoms with Crippen molar-refractivity contribution in [3.05, 3.63) is 35.7 Å². The van der Waals surface area contributed by atoms with Gasteiger partial charge in [0.25, 0.3) is 0 Å². The molecule has 51 valence electrons. The zero-order valence-electron chi connectivity index (χ0n) is 5.15. The van der Waals surface area contributed by atoms with E-state index >= 15 is 0 Å². The van der Waals surface area contributed by atoms with Crippen LogP contribution in [0.2, 0.25) is 0 Å². The number of thiophene rings is 1. The van der Waals surface area contributed by atoms with E-state index in [2.05, 4.69) is 17.5 Å². The number of benzene rings is 1. The van der Waals surface area contributed by atoms with E-state index in [0.717, 1.165) is 0 Å². The molecule has 0 saturated heterocycles. The van der Waals surface area contributed by atoms with E-state index < -0.39 is 0 Å². The van der Waals surface area contributed by atoms with Crippen molar-refractivity contribution < 1.29 is 37.7 Å². The van der Waals surface area contributed by atoms with Crippen LogP contribution in [0.4, 0.5) is 0 Å². The van der Waals surface area contributed by atoms with Crippen LogP contribution in [0.1, 0.15) is 0 Å². The topological polar surface area (TPSA) is 0 Å². The summed E-state index contributed by atoms with van der Waals surface area (Å²) in [6.07, 6.45) is 0. The summed E-state index contributed by atoms with van der Waals surface area (Å²) in [4.78, 5) is 0. The second-order valence-corrected chi connectivity index (χ2v) is 2.78. The molecule has 2 rings (SSSR count). The zero-order valence-corrected chi connectivity index (χ0v) is 6.67. The molecule has 0 aliphatic heterocycles. The van der Waals surface area contributed by atoms with Crippen molar-refractivity contribution >= 4 is 21.4 Å². The molecule has 0 aliphatic carbocycles. The second-order valence-electron chi connectivity index (χ2n) is 1.90. The first-order valence-corrected chi connectivity index (χ1v) is 3.63. The Bertz CT molecular complexity index is 283. The number of fused-ring (bicyclic) bond motifs is 1. The number of hydrogen-bond acceptors (Lipinski definition) is 1. The van der Waals surface area contributed by atoms with Crippen molar-refractivity contribution in [2.75, 3.05) is 0 Å². The fraction of sp³-hybridized carbons (Fsp3) is 0. The zero-order chi connectivity index (χ0) is 6.10. The SMILES string of the molecule is [Ar].[c]1cc2ccccc2s1. The molecule has 10 heavy (non-hydrogen) atoms. The molecule has 0 nitrogen and oxygen atoms in total. The van der Waals surface area contributed by atoms with Crippen molar-refractivity contribution in [3.63, 3.8) is 0 Å². The molecule has 2 heteroatoms. The Morgan fingerprint density at radius 2 is 2.00 bits per heavy atom. The minimum Gasteiger partial charge on any atom is -0.134 e. The van der Waals surface area contributed by atoms with E-state index in [4.69, 9.17) is 0 Å². The standard InChI is InChI=1S/C8H5S.Ar/c1-2-4-8-7(3-1)5-6-9-8;/h1-5H;. The Labute approximate surface area is 93.9 Å². The fourth-order valence-electron chi connectivity index (χ4n) is 0.849. The number of rotatable bonds is 0. The van der Waals surface area contributed by atoms with Gasteiger partial charge in [0.1, 0.15) is 0 Å². The molecule has 1 heterocycles. The molecule has 1 aromatic heterocycles. The summed E-state index contributed by atoms with van der Waals surface area (Å²) in [6.45, 7) is 0. The predicted molar refractivity (Wildman–Crippen MR) is 40.7 cm³/mol. The summed E-state index contributed by atoms with van der Waals surface area (Å²) in [6, 6.07) is 10.3. The van der Waals surface area contributed by atoms with Gasteiger partial charge in [0.15, 0.2) is 0 Å². The number of hydrogen-bond donors (Lipinski definition) is 0. The van der Waals surface area contributed by atoms with Crippen molar-refractivity contribution in [1.82, 2.24) is 0 Å². The van der Waals surface area contributed by atoms with Crippen LogP contribution < -0.4 is 0 Å². The van der Waals surface area contributed by atoms with Crippen molar-refractivity contribution in [3.8, 4) is 0 Å². The summed E-state index contributed by atoms with van der Waals surface area (Å²) >= 11 is 1.66. The molecule has 0 N–H and O–H groups in total. The summed E-state index contributed by atoms with van der Waals surface area (Å²) < 4.78 is 1.32. The minimum atomic E-state index is 0. The van der Waals surface area contributed by atoms with E-state index in [1.807, 2.05) is 18.2 Å². The van der Waals surface area contributed by atoms with Crippen LogP contribution >= 0.6 is 11.3 Å². The van der Waals surface area contributed by atoms with Crippen LogP contribution in [0.15, 0.2) is 30.3 Å². The third-order valence-corrected chi connectivity index (χ3v) is 2.13. The normalized spacial score (nSPS) is 9.20. The predicted octanol–water partition coefficient (Wildman–Crippen LogP) is 2.70. The van der Waals surface area contributed by atoms with Gasteiger partial charge in [-0.15, -0.1) is 11.3 Å². The van der Waals surface area contributed by atoms with Crippen LogP contribution in [-0.2, 0) is 0 Å². The first-order chi connectivity index (χ1) is 4.47. The molecule has 0 unspecified atom stereocenters. The molecule has 0 amide bonds. The Morgan fingerprint density at radius 3 is 2.80 bits per heavy atom. The van der Waals surface area contributed by atoms with Crippen LogP contribution in [0.5, 0.6) is 0 Å². The first-order valence-electron chi connectivity index (χ1n) is 2.81. The van der Waals surface area contributed by atoms with Gasteiger partial charge in [-0.2, -0.15) is 0 Å².